The quantitative estimate of drug-likeness (QED) is 0.719. The van der Waals surface area contributed by atoms with Gasteiger partial charge in [0.05, 0.1) is 17.8 Å². The first-order valence-corrected chi connectivity index (χ1v) is 10.5. The molecule has 1 aromatic carbocycles. The number of imide groups is 1. The van der Waals surface area contributed by atoms with Crippen molar-refractivity contribution in [2.24, 2.45) is 5.92 Å². The van der Waals surface area contributed by atoms with Crippen LogP contribution in [0.4, 0.5) is 4.79 Å². The van der Waals surface area contributed by atoms with E-state index in [1.807, 2.05) is 18.2 Å². The van der Waals surface area contributed by atoms with E-state index in [9.17, 15) is 14.4 Å². The zero-order valence-corrected chi connectivity index (χ0v) is 17.2. The van der Waals surface area contributed by atoms with Gasteiger partial charge in [0, 0.05) is 25.9 Å². The van der Waals surface area contributed by atoms with E-state index >= 15 is 0 Å². The van der Waals surface area contributed by atoms with Crippen molar-refractivity contribution in [3.8, 4) is 11.5 Å². The van der Waals surface area contributed by atoms with E-state index in [1.54, 1.807) is 11.9 Å². The number of thioether (sulfide) groups is 1. The molecule has 2 fully saturated rings. The molecular weight excluding hydrogens is 396 g/mol. The van der Waals surface area contributed by atoms with Crippen molar-refractivity contribution in [3.05, 3.63) is 23.8 Å². The SMILES string of the molecule is CN1C(=O)C2C(SCC(=O)NCc3ccc4c(c3)OCO4)CCNC2N(C)C1=O. The third-order valence-electron chi connectivity index (χ3n) is 5.50. The number of amides is 4. The molecular formula is C19H24N4O5S. The molecule has 0 spiro atoms. The van der Waals surface area contributed by atoms with Crippen molar-refractivity contribution in [1.82, 2.24) is 20.4 Å². The standard InChI is InChI=1S/C19H24N4O5S/c1-22-17-16(18(25)23(2)19(22)26)14(5-6-20-17)29-9-15(24)21-8-11-3-4-12-13(7-11)28-10-27-12/h3-4,7,14,16-17,20H,5-6,8-10H2,1-2H3,(H,21,24). The van der Waals surface area contributed by atoms with Crippen LogP contribution in [0.25, 0.3) is 0 Å². The Balaban J connectivity index is 1.31. The summed E-state index contributed by atoms with van der Waals surface area (Å²) in [7, 11) is 3.20. The largest absolute Gasteiger partial charge is 0.454 e. The summed E-state index contributed by atoms with van der Waals surface area (Å²) in [6, 6.07) is 5.27. The van der Waals surface area contributed by atoms with Gasteiger partial charge in [0.25, 0.3) is 0 Å². The predicted molar refractivity (Wildman–Crippen MR) is 106 cm³/mol. The number of hydrogen-bond acceptors (Lipinski definition) is 7. The molecule has 3 unspecified atom stereocenters. The lowest BCUT2D eigenvalue weighted by Crippen LogP contribution is -2.68. The normalized spacial score (nSPS) is 25.8. The van der Waals surface area contributed by atoms with Gasteiger partial charge in [0.15, 0.2) is 11.5 Å². The highest BCUT2D eigenvalue weighted by Gasteiger charge is 2.48. The first-order chi connectivity index (χ1) is 14.0. The number of rotatable bonds is 5. The zero-order valence-electron chi connectivity index (χ0n) is 16.3. The van der Waals surface area contributed by atoms with Gasteiger partial charge in [0.2, 0.25) is 18.6 Å². The summed E-state index contributed by atoms with van der Waals surface area (Å²) >= 11 is 1.47. The molecule has 0 aromatic heterocycles. The smallest absolute Gasteiger partial charge is 0.327 e. The fraction of sp³-hybridized carbons (Fsp3) is 0.526. The van der Waals surface area contributed by atoms with Crippen LogP contribution < -0.4 is 20.1 Å². The van der Waals surface area contributed by atoms with Crippen LogP contribution in [0.5, 0.6) is 11.5 Å². The van der Waals surface area contributed by atoms with Crippen LogP contribution in [0.2, 0.25) is 0 Å². The minimum atomic E-state index is -0.358. The highest BCUT2D eigenvalue weighted by molar-refractivity contribution is 8.00. The molecule has 3 heterocycles. The average Bonchev–Trinajstić information content (AvgIpc) is 3.20. The Hall–Kier alpha value is -2.46. The molecule has 3 aliphatic rings. The number of carbonyl (C=O) groups is 3. The van der Waals surface area contributed by atoms with Gasteiger partial charge in [-0.15, -0.1) is 11.8 Å². The van der Waals surface area contributed by atoms with Crippen molar-refractivity contribution in [2.45, 2.75) is 24.4 Å². The number of urea groups is 1. The summed E-state index contributed by atoms with van der Waals surface area (Å²) in [5, 5.41) is 6.14. The Bertz CT molecular complexity index is 835. The lowest BCUT2D eigenvalue weighted by molar-refractivity contribution is -0.138. The number of hydrogen-bond donors (Lipinski definition) is 2. The Morgan fingerprint density at radius 2 is 2.07 bits per heavy atom. The number of nitrogens with one attached hydrogen (secondary N) is 2. The molecule has 0 bridgehead atoms. The fourth-order valence-electron chi connectivity index (χ4n) is 3.90. The molecule has 0 saturated carbocycles. The van der Waals surface area contributed by atoms with Crippen LogP contribution in [0.3, 0.4) is 0 Å². The Morgan fingerprint density at radius 1 is 1.28 bits per heavy atom. The molecule has 2 saturated heterocycles. The lowest BCUT2D eigenvalue weighted by atomic mass is 9.91. The van der Waals surface area contributed by atoms with Crippen LogP contribution in [0.1, 0.15) is 12.0 Å². The summed E-state index contributed by atoms with van der Waals surface area (Å²) < 4.78 is 10.6. The third-order valence-corrected chi connectivity index (χ3v) is 6.89. The minimum absolute atomic E-state index is 0.0250. The van der Waals surface area contributed by atoms with Crippen molar-refractivity contribution >= 4 is 29.6 Å². The Kier molecular flexibility index (Phi) is 5.55. The minimum Gasteiger partial charge on any atom is -0.454 e. The van der Waals surface area contributed by atoms with Gasteiger partial charge >= 0.3 is 6.03 Å². The predicted octanol–water partition coefficient (Wildman–Crippen LogP) is 0.593. The number of benzene rings is 1. The number of ether oxygens (including phenoxy) is 2. The summed E-state index contributed by atoms with van der Waals surface area (Å²) in [4.78, 5) is 39.9. The molecule has 2 N–H and O–H groups in total. The van der Waals surface area contributed by atoms with Gasteiger partial charge < -0.3 is 19.7 Å². The molecule has 10 heteroatoms. The topological polar surface area (TPSA) is 100 Å². The van der Waals surface area contributed by atoms with E-state index < -0.39 is 0 Å². The maximum absolute atomic E-state index is 12.7. The summed E-state index contributed by atoms with van der Waals surface area (Å²) in [5.41, 5.74) is 0.929. The molecule has 29 heavy (non-hydrogen) atoms. The van der Waals surface area contributed by atoms with E-state index in [0.717, 1.165) is 12.0 Å². The number of carbonyl (C=O) groups excluding carboxylic acids is 3. The van der Waals surface area contributed by atoms with Crippen LogP contribution in [-0.2, 0) is 16.1 Å². The van der Waals surface area contributed by atoms with Crippen molar-refractivity contribution < 1.29 is 23.9 Å². The highest BCUT2D eigenvalue weighted by atomic mass is 32.2. The lowest BCUT2D eigenvalue weighted by Gasteiger charge is -2.47. The van der Waals surface area contributed by atoms with Crippen molar-refractivity contribution in [1.29, 1.82) is 0 Å². The summed E-state index contributed by atoms with van der Waals surface area (Å²) in [5.74, 6) is 1.01. The number of fused-ring (bicyclic) bond motifs is 2. The average molecular weight is 420 g/mol. The van der Waals surface area contributed by atoms with Gasteiger partial charge in [-0.3, -0.25) is 19.8 Å². The van der Waals surface area contributed by atoms with Gasteiger partial charge in [-0.05, 0) is 30.7 Å². The number of piperidine rings is 1. The molecule has 9 nitrogen and oxygen atoms in total. The van der Waals surface area contributed by atoms with E-state index in [-0.39, 0.29) is 47.7 Å². The van der Waals surface area contributed by atoms with E-state index in [4.69, 9.17) is 9.47 Å². The van der Waals surface area contributed by atoms with Crippen molar-refractivity contribution in [2.75, 3.05) is 33.2 Å². The maximum Gasteiger partial charge on any atom is 0.327 e. The first kappa shape index (κ1) is 19.8. The zero-order chi connectivity index (χ0) is 20.5. The number of nitrogens with zero attached hydrogens (tertiary/aromatic N) is 2. The monoisotopic (exact) mass is 420 g/mol. The second kappa shape index (κ2) is 8.11. The van der Waals surface area contributed by atoms with E-state index in [1.165, 1.54) is 23.7 Å². The first-order valence-electron chi connectivity index (χ1n) is 9.50. The Labute approximate surface area is 173 Å². The second-order valence-electron chi connectivity index (χ2n) is 7.32. The Morgan fingerprint density at radius 3 is 2.90 bits per heavy atom. The van der Waals surface area contributed by atoms with Gasteiger partial charge in [0.1, 0.15) is 0 Å². The molecule has 0 aliphatic carbocycles. The molecule has 1 aromatic rings. The van der Waals surface area contributed by atoms with Gasteiger partial charge in [-0.25, -0.2) is 4.79 Å². The van der Waals surface area contributed by atoms with E-state index in [2.05, 4.69) is 10.6 Å². The third kappa shape index (κ3) is 3.86. The van der Waals surface area contributed by atoms with Crippen LogP contribution in [-0.4, -0.2) is 72.2 Å². The van der Waals surface area contributed by atoms with Crippen LogP contribution in [0, 0.1) is 5.92 Å². The fourth-order valence-corrected chi connectivity index (χ4v) is 5.13. The second-order valence-corrected chi connectivity index (χ2v) is 8.55. The molecule has 156 valence electrons. The van der Waals surface area contributed by atoms with Crippen LogP contribution >= 0.6 is 11.8 Å². The molecule has 0 radical (unpaired) electrons. The summed E-state index contributed by atoms with van der Waals surface area (Å²) in [6.45, 7) is 1.31. The van der Waals surface area contributed by atoms with Crippen molar-refractivity contribution in [3.63, 3.8) is 0 Å². The summed E-state index contributed by atoms with van der Waals surface area (Å²) in [6.07, 6.45) is 0.442. The molecule has 4 rings (SSSR count). The maximum atomic E-state index is 12.7. The van der Waals surface area contributed by atoms with Gasteiger partial charge in [-0.2, -0.15) is 0 Å². The van der Waals surface area contributed by atoms with Gasteiger partial charge in [-0.1, -0.05) is 6.07 Å². The van der Waals surface area contributed by atoms with Crippen LogP contribution in [0.15, 0.2) is 18.2 Å². The molecule has 4 amide bonds. The molecule has 3 aliphatic heterocycles. The highest BCUT2D eigenvalue weighted by Crippen LogP contribution is 2.34. The van der Waals surface area contributed by atoms with E-state index in [0.29, 0.717) is 24.6 Å². The molecule has 3 atom stereocenters.